The number of rotatable bonds is 5. The van der Waals surface area contributed by atoms with Gasteiger partial charge in [0.2, 0.25) is 5.91 Å². The van der Waals surface area contributed by atoms with Crippen molar-refractivity contribution in [3.8, 4) is 23.7 Å². The number of carbonyl (C=O) groups is 1. The average Bonchev–Trinajstić information content (AvgIpc) is 2.31. The molecule has 88 valence electrons. The summed E-state index contributed by atoms with van der Waals surface area (Å²) in [4.78, 5) is 10.8. The summed E-state index contributed by atoms with van der Waals surface area (Å²) in [5.41, 5.74) is 0. The molecule has 0 spiro atoms. The van der Waals surface area contributed by atoms with E-state index in [9.17, 15) is 4.79 Å². The van der Waals surface area contributed by atoms with Gasteiger partial charge in [-0.15, -0.1) is 0 Å². The minimum Gasteiger partial charge on any atom is -0.345 e. The number of amides is 1. The zero-order chi connectivity index (χ0) is 12.2. The third-order valence-corrected chi connectivity index (χ3v) is 2.09. The van der Waals surface area contributed by atoms with Gasteiger partial charge in [-0.25, -0.2) is 0 Å². The van der Waals surface area contributed by atoms with E-state index in [2.05, 4.69) is 48.2 Å². The second-order valence-corrected chi connectivity index (χ2v) is 3.42. The Kier molecular flexibility index (Phi) is 9.17. The monoisotopic (exact) mass is 220 g/mol. The minimum atomic E-state index is 0.0145. The summed E-state index contributed by atoms with van der Waals surface area (Å²) in [5, 5.41) is 5.89. The van der Waals surface area contributed by atoms with Crippen LogP contribution in [-0.4, -0.2) is 25.0 Å². The van der Waals surface area contributed by atoms with Crippen LogP contribution in [0.2, 0.25) is 0 Å². The molecule has 16 heavy (non-hydrogen) atoms. The van der Waals surface area contributed by atoms with Crippen molar-refractivity contribution in [1.29, 1.82) is 0 Å². The number of hydrogen-bond acceptors (Lipinski definition) is 2. The molecule has 3 nitrogen and oxygen atoms in total. The lowest BCUT2D eigenvalue weighted by Crippen LogP contribution is -2.25. The molecule has 0 saturated carbocycles. The fraction of sp³-hybridized carbons (Fsp3) is 0.615. The molecule has 2 N–H and O–H groups in total. The summed E-state index contributed by atoms with van der Waals surface area (Å²) in [7, 11) is 0. The van der Waals surface area contributed by atoms with Crippen LogP contribution in [0, 0.1) is 23.7 Å². The Morgan fingerprint density at radius 3 is 2.38 bits per heavy atom. The fourth-order valence-corrected chi connectivity index (χ4v) is 0.814. The molecule has 0 radical (unpaired) electrons. The van der Waals surface area contributed by atoms with Crippen molar-refractivity contribution in [3.05, 3.63) is 0 Å². The SMILES string of the molecule is CCC(=O)NCC#CC#CCNC(C)CC. The second kappa shape index (κ2) is 10.1. The first-order chi connectivity index (χ1) is 7.70. The van der Waals surface area contributed by atoms with Gasteiger partial charge in [0.15, 0.2) is 0 Å². The van der Waals surface area contributed by atoms with Crippen molar-refractivity contribution in [2.45, 2.75) is 39.7 Å². The number of hydrogen-bond donors (Lipinski definition) is 2. The highest BCUT2D eigenvalue weighted by molar-refractivity contribution is 5.75. The summed E-state index contributed by atoms with van der Waals surface area (Å²) in [5.74, 6) is 11.1. The number of carbonyl (C=O) groups excluding carboxylic acids is 1. The van der Waals surface area contributed by atoms with Crippen molar-refractivity contribution < 1.29 is 4.79 Å². The van der Waals surface area contributed by atoms with Crippen molar-refractivity contribution in [2.75, 3.05) is 13.1 Å². The summed E-state index contributed by atoms with van der Waals surface area (Å²) < 4.78 is 0. The zero-order valence-electron chi connectivity index (χ0n) is 10.3. The number of nitrogens with one attached hydrogen (secondary N) is 2. The molecule has 0 aromatic carbocycles. The molecule has 0 aliphatic carbocycles. The van der Waals surface area contributed by atoms with Crippen molar-refractivity contribution in [3.63, 3.8) is 0 Å². The Bertz CT molecular complexity index is 314. The molecule has 1 amide bonds. The maximum atomic E-state index is 10.8. The molecule has 1 atom stereocenters. The van der Waals surface area contributed by atoms with E-state index < -0.39 is 0 Å². The van der Waals surface area contributed by atoms with Crippen molar-refractivity contribution >= 4 is 5.91 Å². The molecule has 0 aliphatic heterocycles. The lowest BCUT2D eigenvalue weighted by atomic mass is 10.3. The summed E-state index contributed by atoms with van der Waals surface area (Å²) >= 11 is 0. The van der Waals surface area contributed by atoms with Gasteiger partial charge in [-0.1, -0.05) is 25.7 Å². The van der Waals surface area contributed by atoms with E-state index in [1.807, 2.05) is 6.92 Å². The summed E-state index contributed by atoms with van der Waals surface area (Å²) in [6, 6.07) is 0.492. The van der Waals surface area contributed by atoms with Crippen LogP contribution >= 0.6 is 0 Å². The lowest BCUT2D eigenvalue weighted by molar-refractivity contribution is -0.120. The van der Waals surface area contributed by atoms with Gasteiger partial charge in [0.05, 0.1) is 13.1 Å². The first-order valence-corrected chi connectivity index (χ1v) is 5.66. The largest absolute Gasteiger partial charge is 0.345 e. The highest BCUT2D eigenvalue weighted by Gasteiger charge is 1.92. The van der Waals surface area contributed by atoms with Crippen LogP contribution in [0.1, 0.15) is 33.6 Å². The lowest BCUT2D eigenvalue weighted by Gasteiger charge is -2.06. The van der Waals surface area contributed by atoms with Gasteiger partial charge in [0.1, 0.15) is 0 Å². The normalized spacial score (nSPS) is 10.4. The van der Waals surface area contributed by atoms with Gasteiger partial charge in [-0.3, -0.25) is 4.79 Å². The van der Waals surface area contributed by atoms with E-state index in [4.69, 9.17) is 0 Å². The van der Waals surface area contributed by atoms with E-state index in [0.29, 0.717) is 25.6 Å². The van der Waals surface area contributed by atoms with Crippen LogP contribution in [0.3, 0.4) is 0 Å². The highest BCUT2D eigenvalue weighted by atomic mass is 16.1. The molecule has 0 saturated heterocycles. The third-order valence-electron chi connectivity index (χ3n) is 2.09. The van der Waals surface area contributed by atoms with Crippen molar-refractivity contribution in [2.24, 2.45) is 0 Å². The molecular formula is C13H20N2O. The second-order valence-electron chi connectivity index (χ2n) is 3.42. The fourth-order valence-electron chi connectivity index (χ4n) is 0.814. The summed E-state index contributed by atoms with van der Waals surface area (Å²) in [6.45, 7) is 7.09. The molecule has 0 bridgehead atoms. The van der Waals surface area contributed by atoms with Gasteiger partial charge in [0.25, 0.3) is 0 Å². The predicted octanol–water partition coefficient (Wildman–Crippen LogP) is 0.907. The van der Waals surface area contributed by atoms with Gasteiger partial charge >= 0.3 is 0 Å². The smallest absolute Gasteiger partial charge is 0.220 e. The first kappa shape index (κ1) is 14.6. The standard InChI is InChI=1S/C13H20N2O/c1-4-12(3)14-10-8-6-7-9-11-15-13(16)5-2/h12,14H,4-5,10-11H2,1-3H3,(H,15,16). The molecule has 0 aromatic heterocycles. The van der Waals surface area contributed by atoms with E-state index in [1.165, 1.54) is 0 Å². The molecular weight excluding hydrogens is 200 g/mol. The maximum Gasteiger partial charge on any atom is 0.220 e. The van der Waals surface area contributed by atoms with Gasteiger partial charge in [-0.05, 0) is 25.2 Å². The quantitative estimate of drug-likeness (QED) is 0.676. The minimum absolute atomic E-state index is 0.0145. The Morgan fingerprint density at radius 2 is 1.81 bits per heavy atom. The predicted molar refractivity (Wildman–Crippen MR) is 66.6 cm³/mol. The van der Waals surface area contributed by atoms with Crippen molar-refractivity contribution in [1.82, 2.24) is 10.6 Å². The van der Waals surface area contributed by atoms with E-state index in [0.717, 1.165) is 6.42 Å². The Hall–Kier alpha value is -1.45. The maximum absolute atomic E-state index is 10.8. The van der Waals surface area contributed by atoms with E-state index in [1.54, 1.807) is 0 Å². The molecule has 0 aliphatic rings. The molecule has 0 aromatic rings. The van der Waals surface area contributed by atoms with Gasteiger partial charge in [-0.2, -0.15) is 0 Å². The van der Waals surface area contributed by atoms with Crippen LogP contribution in [0.4, 0.5) is 0 Å². The zero-order valence-corrected chi connectivity index (χ0v) is 10.3. The van der Waals surface area contributed by atoms with Crippen LogP contribution in [0.25, 0.3) is 0 Å². The molecule has 0 rings (SSSR count). The Morgan fingerprint density at radius 1 is 1.19 bits per heavy atom. The Labute approximate surface area is 98.4 Å². The van der Waals surface area contributed by atoms with Gasteiger partial charge < -0.3 is 10.6 Å². The van der Waals surface area contributed by atoms with Crippen LogP contribution in [0.15, 0.2) is 0 Å². The molecule has 0 fully saturated rings. The molecule has 1 unspecified atom stereocenters. The third kappa shape index (κ3) is 9.12. The molecule has 3 heteroatoms. The summed E-state index contributed by atoms with van der Waals surface area (Å²) in [6.07, 6.45) is 1.59. The topological polar surface area (TPSA) is 41.1 Å². The Balaban J connectivity index is 3.60. The van der Waals surface area contributed by atoms with Crippen LogP contribution < -0.4 is 10.6 Å². The average molecular weight is 220 g/mol. The van der Waals surface area contributed by atoms with E-state index >= 15 is 0 Å². The van der Waals surface area contributed by atoms with Crippen LogP contribution in [-0.2, 0) is 4.79 Å². The highest BCUT2D eigenvalue weighted by Crippen LogP contribution is 1.84. The van der Waals surface area contributed by atoms with E-state index in [-0.39, 0.29) is 5.91 Å². The van der Waals surface area contributed by atoms with Gasteiger partial charge in [0, 0.05) is 12.5 Å². The van der Waals surface area contributed by atoms with Crippen LogP contribution in [0.5, 0.6) is 0 Å². The molecule has 0 heterocycles. The first-order valence-electron chi connectivity index (χ1n) is 5.66.